The van der Waals surface area contributed by atoms with Gasteiger partial charge in [-0.2, -0.15) is 0 Å². The van der Waals surface area contributed by atoms with Crippen LogP contribution in [0.5, 0.6) is 0 Å². The third kappa shape index (κ3) is 2.83. The summed E-state index contributed by atoms with van der Waals surface area (Å²) in [5, 5.41) is 11.3. The van der Waals surface area contributed by atoms with Gasteiger partial charge in [0, 0.05) is 4.90 Å². The lowest BCUT2D eigenvalue weighted by Crippen LogP contribution is -2.01. The Hall–Kier alpha value is -0.670. The van der Waals surface area contributed by atoms with Gasteiger partial charge >= 0.3 is 0 Å². The zero-order valence-electron chi connectivity index (χ0n) is 9.73. The van der Waals surface area contributed by atoms with E-state index in [2.05, 4.69) is 0 Å². The van der Waals surface area contributed by atoms with E-state index in [4.69, 9.17) is 23.2 Å². The van der Waals surface area contributed by atoms with Crippen molar-refractivity contribution in [1.82, 2.24) is 0 Å². The van der Waals surface area contributed by atoms with Gasteiger partial charge in [-0.1, -0.05) is 47.5 Å². The lowest BCUT2D eigenvalue weighted by atomic mass is 10.0. The van der Waals surface area contributed by atoms with Crippen LogP contribution in [0.15, 0.2) is 47.4 Å². The lowest BCUT2D eigenvalue weighted by Gasteiger charge is -2.15. The van der Waals surface area contributed by atoms with Gasteiger partial charge in [-0.25, -0.2) is 0 Å². The Morgan fingerprint density at radius 3 is 2.44 bits per heavy atom. The van der Waals surface area contributed by atoms with E-state index in [0.717, 1.165) is 16.0 Å². The van der Waals surface area contributed by atoms with Gasteiger partial charge in [-0.3, -0.25) is 0 Å². The van der Waals surface area contributed by atoms with Crippen LogP contribution >= 0.6 is 35.0 Å². The summed E-state index contributed by atoms with van der Waals surface area (Å²) in [6.45, 7) is 0. The predicted octanol–water partition coefficient (Wildman–Crippen LogP) is 4.80. The molecule has 0 saturated carbocycles. The molecule has 0 aliphatic carbocycles. The maximum atomic E-state index is 10.4. The Balaban J connectivity index is 2.41. The molecule has 1 unspecified atom stereocenters. The van der Waals surface area contributed by atoms with E-state index in [1.165, 1.54) is 0 Å². The molecule has 18 heavy (non-hydrogen) atoms. The van der Waals surface area contributed by atoms with Crippen LogP contribution in [0.3, 0.4) is 0 Å². The summed E-state index contributed by atoms with van der Waals surface area (Å²) in [4.78, 5) is 1.05. The topological polar surface area (TPSA) is 20.2 Å². The van der Waals surface area contributed by atoms with Crippen molar-refractivity contribution >= 4 is 35.0 Å². The molecular weight excluding hydrogens is 287 g/mol. The monoisotopic (exact) mass is 298 g/mol. The van der Waals surface area contributed by atoms with E-state index in [0.29, 0.717) is 10.0 Å². The van der Waals surface area contributed by atoms with E-state index in [-0.39, 0.29) is 0 Å². The molecule has 2 aromatic carbocycles. The summed E-state index contributed by atoms with van der Waals surface area (Å²) in [6.07, 6.45) is 1.30. The number of hydrogen-bond acceptors (Lipinski definition) is 2. The second-order valence-electron chi connectivity index (χ2n) is 3.82. The summed E-state index contributed by atoms with van der Waals surface area (Å²) in [5.41, 5.74) is 1.62. The molecule has 0 radical (unpaired) electrons. The number of halogens is 2. The Morgan fingerprint density at radius 1 is 1.06 bits per heavy atom. The van der Waals surface area contributed by atoms with Gasteiger partial charge in [0.2, 0.25) is 0 Å². The molecule has 0 bridgehead atoms. The maximum absolute atomic E-state index is 10.4. The highest BCUT2D eigenvalue weighted by Gasteiger charge is 2.14. The maximum Gasteiger partial charge on any atom is 0.105 e. The zero-order valence-corrected chi connectivity index (χ0v) is 12.1. The Kier molecular flexibility index (Phi) is 4.57. The third-order valence-corrected chi connectivity index (χ3v) is 4.24. The smallest absolute Gasteiger partial charge is 0.105 e. The summed E-state index contributed by atoms with van der Waals surface area (Å²) >= 11 is 13.4. The minimum absolute atomic E-state index is 0.454. The fourth-order valence-electron chi connectivity index (χ4n) is 1.75. The van der Waals surface area contributed by atoms with Gasteiger partial charge < -0.3 is 5.11 Å². The van der Waals surface area contributed by atoms with E-state index < -0.39 is 6.10 Å². The van der Waals surface area contributed by atoms with Crippen molar-refractivity contribution in [1.29, 1.82) is 0 Å². The van der Waals surface area contributed by atoms with Crippen molar-refractivity contribution in [3.63, 3.8) is 0 Å². The summed E-state index contributed by atoms with van der Waals surface area (Å²) in [5.74, 6) is 0. The van der Waals surface area contributed by atoms with Crippen molar-refractivity contribution in [3.8, 4) is 0 Å². The molecule has 1 N–H and O–H groups in total. The second-order valence-corrected chi connectivity index (χ2v) is 5.48. The van der Waals surface area contributed by atoms with Crippen LogP contribution in [0.4, 0.5) is 0 Å². The van der Waals surface area contributed by atoms with Crippen molar-refractivity contribution < 1.29 is 5.11 Å². The average molecular weight is 299 g/mol. The molecular formula is C14H12Cl2OS. The molecule has 0 spiro atoms. The normalized spacial score (nSPS) is 12.4. The first-order valence-corrected chi connectivity index (χ1v) is 7.37. The molecule has 0 fully saturated rings. The van der Waals surface area contributed by atoms with Gasteiger partial charge in [0.05, 0.1) is 10.0 Å². The standard InChI is InChI=1S/C14H12Cl2OS/c1-18-13-5-3-2-4-10(13)14(17)9-6-7-11(15)12(16)8-9/h2-8,14,17H,1H3. The minimum atomic E-state index is -0.691. The van der Waals surface area contributed by atoms with Gasteiger partial charge in [0.15, 0.2) is 0 Å². The first kappa shape index (κ1) is 13.8. The van der Waals surface area contributed by atoms with Gasteiger partial charge in [0.1, 0.15) is 6.10 Å². The first-order chi connectivity index (χ1) is 8.63. The molecule has 0 aliphatic rings. The Labute approximate surface area is 121 Å². The van der Waals surface area contributed by atoms with E-state index in [1.807, 2.05) is 30.5 Å². The zero-order chi connectivity index (χ0) is 13.1. The van der Waals surface area contributed by atoms with Crippen molar-refractivity contribution in [2.75, 3.05) is 6.26 Å². The van der Waals surface area contributed by atoms with Crippen LogP contribution in [-0.4, -0.2) is 11.4 Å². The fraction of sp³-hybridized carbons (Fsp3) is 0.143. The Morgan fingerprint density at radius 2 is 1.78 bits per heavy atom. The molecule has 0 aromatic heterocycles. The highest BCUT2D eigenvalue weighted by Crippen LogP contribution is 2.32. The first-order valence-electron chi connectivity index (χ1n) is 5.39. The highest BCUT2D eigenvalue weighted by atomic mass is 35.5. The third-order valence-electron chi connectivity index (χ3n) is 2.69. The molecule has 2 aromatic rings. The van der Waals surface area contributed by atoms with Gasteiger partial charge in [-0.05, 0) is 35.6 Å². The van der Waals surface area contributed by atoms with Crippen molar-refractivity contribution in [2.45, 2.75) is 11.0 Å². The summed E-state index contributed by atoms with van der Waals surface area (Å²) < 4.78 is 0. The summed E-state index contributed by atoms with van der Waals surface area (Å²) in [6, 6.07) is 13.0. The Bertz CT molecular complexity index is 557. The van der Waals surface area contributed by atoms with E-state index in [1.54, 1.807) is 30.0 Å². The minimum Gasteiger partial charge on any atom is -0.384 e. The van der Waals surface area contributed by atoms with Crippen LogP contribution in [0, 0.1) is 0 Å². The lowest BCUT2D eigenvalue weighted by molar-refractivity contribution is 0.217. The highest BCUT2D eigenvalue weighted by molar-refractivity contribution is 7.98. The number of thioether (sulfide) groups is 1. The van der Waals surface area contributed by atoms with Crippen molar-refractivity contribution in [2.24, 2.45) is 0 Å². The number of aliphatic hydroxyl groups excluding tert-OH is 1. The number of rotatable bonds is 3. The number of aliphatic hydroxyl groups is 1. The van der Waals surface area contributed by atoms with Gasteiger partial charge in [0.25, 0.3) is 0 Å². The van der Waals surface area contributed by atoms with Crippen LogP contribution in [0.25, 0.3) is 0 Å². The molecule has 1 atom stereocenters. The molecule has 0 aliphatic heterocycles. The fourth-order valence-corrected chi connectivity index (χ4v) is 2.69. The quantitative estimate of drug-likeness (QED) is 0.822. The average Bonchev–Trinajstić information content (AvgIpc) is 2.41. The molecule has 4 heteroatoms. The van der Waals surface area contributed by atoms with Crippen molar-refractivity contribution in [3.05, 3.63) is 63.6 Å². The molecule has 0 amide bonds. The molecule has 0 saturated heterocycles. The second kappa shape index (κ2) is 5.98. The van der Waals surface area contributed by atoms with Crippen LogP contribution in [0.2, 0.25) is 10.0 Å². The predicted molar refractivity (Wildman–Crippen MR) is 78.7 cm³/mol. The summed E-state index contributed by atoms with van der Waals surface area (Å²) in [7, 11) is 0. The van der Waals surface area contributed by atoms with Crippen LogP contribution in [0.1, 0.15) is 17.2 Å². The van der Waals surface area contributed by atoms with E-state index >= 15 is 0 Å². The van der Waals surface area contributed by atoms with Crippen LogP contribution in [-0.2, 0) is 0 Å². The molecule has 94 valence electrons. The van der Waals surface area contributed by atoms with Gasteiger partial charge in [-0.15, -0.1) is 11.8 Å². The molecule has 0 heterocycles. The SMILES string of the molecule is CSc1ccccc1C(O)c1ccc(Cl)c(Cl)c1. The molecule has 1 nitrogen and oxygen atoms in total. The van der Waals surface area contributed by atoms with Crippen LogP contribution < -0.4 is 0 Å². The largest absolute Gasteiger partial charge is 0.384 e. The molecule has 2 rings (SSSR count). The number of hydrogen-bond donors (Lipinski definition) is 1. The number of benzene rings is 2. The van der Waals surface area contributed by atoms with E-state index in [9.17, 15) is 5.11 Å².